The van der Waals surface area contributed by atoms with Crippen molar-refractivity contribution in [3.05, 3.63) is 0 Å². The van der Waals surface area contributed by atoms with Gasteiger partial charge in [-0.05, 0) is 45.2 Å². The van der Waals surface area contributed by atoms with Crippen LogP contribution in [-0.2, 0) is 10.0 Å². The molecular weight excluding hydrogens is 224 g/mol. The van der Waals surface area contributed by atoms with Gasteiger partial charge in [-0.1, -0.05) is 13.3 Å². The molecule has 2 N–H and O–H groups in total. The minimum atomic E-state index is -3.06. The van der Waals surface area contributed by atoms with Crippen molar-refractivity contribution in [2.45, 2.75) is 45.1 Å². The van der Waals surface area contributed by atoms with Crippen LogP contribution in [0.3, 0.4) is 0 Å². The van der Waals surface area contributed by atoms with E-state index in [1.807, 2.05) is 7.05 Å². The van der Waals surface area contributed by atoms with Crippen LogP contribution < -0.4 is 10.0 Å². The van der Waals surface area contributed by atoms with E-state index in [9.17, 15) is 8.42 Å². The van der Waals surface area contributed by atoms with Crippen LogP contribution in [0.4, 0.5) is 0 Å². The lowest BCUT2D eigenvalue weighted by atomic mass is 10.1. The van der Waals surface area contributed by atoms with Crippen molar-refractivity contribution in [1.82, 2.24) is 10.0 Å². The first-order valence-corrected chi connectivity index (χ1v) is 7.85. The summed E-state index contributed by atoms with van der Waals surface area (Å²) in [6, 6.07) is 0.175. The molecule has 0 aromatic carbocycles. The Morgan fingerprint density at radius 3 is 2.56 bits per heavy atom. The highest BCUT2D eigenvalue weighted by Crippen LogP contribution is 2.25. The third-order valence-electron chi connectivity index (χ3n) is 3.28. The molecule has 1 fully saturated rings. The molecule has 0 heterocycles. The maximum atomic E-state index is 11.8. The summed E-state index contributed by atoms with van der Waals surface area (Å²) in [5.74, 6) is 0.754. The van der Waals surface area contributed by atoms with Gasteiger partial charge >= 0.3 is 0 Å². The van der Waals surface area contributed by atoms with Crippen molar-refractivity contribution in [3.63, 3.8) is 0 Å². The quantitative estimate of drug-likeness (QED) is 0.663. The fraction of sp³-hybridized carbons (Fsp3) is 1.00. The van der Waals surface area contributed by atoms with E-state index in [1.54, 1.807) is 0 Å². The van der Waals surface area contributed by atoms with E-state index >= 15 is 0 Å². The van der Waals surface area contributed by atoms with Crippen LogP contribution in [0.25, 0.3) is 0 Å². The zero-order chi connectivity index (χ0) is 12.0. The molecule has 1 rings (SSSR count). The second-order valence-corrected chi connectivity index (χ2v) is 6.64. The van der Waals surface area contributed by atoms with E-state index in [0.717, 1.165) is 38.6 Å². The minimum absolute atomic E-state index is 0.175. The van der Waals surface area contributed by atoms with Gasteiger partial charge in [-0.25, -0.2) is 13.1 Å². The van der Waals surface area contributed by atoms with E-state index in [2.05, 4.69) is 17.0 Å². The van der Waals surface area contributed by atoms with Crippen molar-refractivity contribution >= 4 is 10.0 Å². The molecule has 5 heteroatoms. The molecule has 1 aliphatic rings. The monoisotopic (exact) mass is 248 g/mol. The zero-order valence-corrected chi connectivity index (χ0v) is 11.1. The number of hydrogen-bond acceptors (Lipinski definition) is 3. The summed E-state index contributed by atoms with van der Waals surface area (Å²) in [6.07, 6.45) is 4.94. The average molecular weight is 248 g/mol. The van der Waals surface area contributed by atoms with E-state index in [0.29, 0.717) is 5.92 Å². The molecule has 96 valence electrons. The van der Waals surface area contributed by atoms with Gasteiger partial charge in [0.1, 0.15) is 0 Å². The molecule has 0 bridgehead atoms. The van der Waals surface area contributed by atoms with Crippen LogP contribution in [0.2, 0.25) is 0 Å². The Labute approximate surface area is 99.2 Å². The Morgan fingerprint density at radius 2 is 2.00 bits per heavy atom. The van der Waals surface area contributed by atoms with Crippen molar-refractivity contribution in [3.8, 4) is 0 Å². The molecule has 1 saturated carbocycles. The Bertz CT molecular complexity index is 290. The highest BCUT2D eigenvalue weighted by molar-refractivity contribution is 7.89. The zero-order valence-electron chi connectivity index (χ0n) is 10.3. The highest BCUT2D eigenvalue weighted by atomic mass is 32.2. The van der Waals surface area contributed by atoms with Crippen LogP contribution in [0.5, 0.6) is 0 Å². The minimum Gasteiger partial charge on any atom is -0.320 e. The summed E-state index contributed by atoms with van der Waals surface area (Å²) in [7, 11) is -1.17. The molecule has 0 radical (unpaired) electrons. The van der Waals surface area contributed by atoms with Gasteiger partial charge in [0.2, 0.25) is 10.0 Å². The van der Waals surface area contributed by atoms with E-state index < -0.39 is 10.0 Å². The van der Waals surface area contributed by atoms with Crippen LogP contribution in [-0.4, -0.2) is 33.8 Å². The maximum absolute atomic E-state index is 11.8. The van der Waals surface area contributed by atoms with Gasteiger partial charge < -0.3 is 5.32 Å². The third-order valence-corrected chi connectivity index (χ3v) is 4.77. The van der Waals surface area contributed by atoms with E-state index in [-0.39, 0.29) is 11.8 Å². The molecular formula is C11H24N2O2S. The molecule has 2 atom stereocenters. The predicted octanol–water partition coefficient (Wildman–Crippen LogP) is 1.09. The van der Waals surface area contributed by atoms with E-state index in [1.165, 1.54) is 0 Å². The van der Waals surface area contributed by atoms with Gasteiger partial charge in [0.15, 0.2) is 0 Å². The summed E-state index contributed by atoms with van der Waals surface area (Å²) in [5.41, 5.74) is 0. The van der Waals surface area contributed by atoms with Crippen molar-refractivity contribution in [1.29, 1.82) is 0 Å². The Morgan fingerprint density at radius 1 is 1.25 bits per heavy atom. The fourth-order valence-corrected chi connectivity index (χ4v) is 3.72. The molecule has 16 heavy (non-hydrogen) atoms. The largest absolute Gasteiger partial charge is 0.320 e. The second-order valence-electron chi connectivity index (χ2n) is 4.76. The molecule has 2 unspecified atom stereocenters. The smallest absolute Gasteiger partial charge is 0.211 e. The van der Waals surface area contributed by atoms with Crippen molar-refractivity contribution in [2.24, 2.45) is 5.92 Å². The number of rotatable bonds is 7. The van der Waals surface area contributed by atoms with Crippen LogP contribution >= 0.6 is 0 Å². The average Bonchev–Trinajstić information content (AvgIpc) is 2.59. The predicted molar refractivity (Wildman–Crippen MR) is 66.9 cm³/mol. The molecule has 4 nitrogen and oxygen atoms in total. The van der Waals surface area contributed by atoms with Crippen LogP contribution in [0, 0.1) is 5.92 Å². The first-order chi connectivity index (χ1) is 7.55. The summed E-state index contributed by atoms with van der Waals surface area (Å²) in [5, 5.41) is 3.02. The Kier molecular flexibility index (Phi) is 5.72. The summed E-state index contributed by atoms with van der Waals surface area (Å²) < 4.78 is 26.4. The lowest BCUT2D eigenvalue weighted by Gasteiger charge is -2.17. The number of unbranched alkanes of at least 4 members (excludes halogenated alkanes) is 1. The lowest BCUT2D eigenvalue weighted by Crippen LogP contribution is -2.37. The van der Waals surface area contributed by atoms with Gasteiger partial charge in [0.25, 0.3) is 0 Å². The molecule has 1 aliphatic carbocycles. The van der Waals surface area contributed by atoms with Gasteiger partial charge in [-0.15, -0.1) is 0 Å². The normalized spacial score (nSPS) is 26.1. The summed E-state index contributed by atoms with van der Waals surface area (Å²) in [4.78, 5) is 0. The maximum Gasteiger partial charge on any atom is 0.211 e. The fourth-order valence-electron chi connectivity index (χ4n) is 2.20. The molecule has 0 saturated heterocycles. The highest BCUT2D eigenvalue weighted by Gasteiger charge is 2.26. The standard InChI is InChI=1S/C11H24N2O2S/c1-10-6-5-7-11(10)13-16(14,15)9-4-3-8-12-2/h10-13H,3-9H2,1-2H3. The topological polar surface area (TPSA) is 58.2 Å². The van der Waals surface area contributed by atoms with Crippen molar-refractivity contribution in [2.75, 3.05) is 19.3 Å². The SMILES string of the molecule is CNCCCCS(=O)(=O)NC1CCCC1C. The van der Waals surface area contributed by atoms with Gasteiger partial charge in [-0.2, -0.15) is 0 Å². The molecule has 0 spiro atoms. The van der Waals surface area contributed by atoms with Gasteiger partial charge in [0, 0.05) is 6.04 Å². The van der Waals surface area contributed by atoms with Crippen molar-refractivity contribution < 1.29 is 8.42 Å². The molecule has 0 amide bonds. The van der Waals surface area contributed by atoms with Crippen LogP contribution in [0.1, 0.15) is 39.0 Å². The first-order valence-electron chi connectivity index (χ1n) is 6.20. The Hall–Kier alpha value is -0.130. The number of sulfonamides is 1. The number of nitrogens with one attached hydrogen (secondary N) is 2. The molecule has 0 aromatic rings. The summed E-state index contributed by atoms with van der Waals surface area (Å²) in [6.45, 7) is 3.01. The number of hydrogen-bond donors (Lipinski definition) is 2. The van der Waals surface area contributed by atoms with Gasteiger partial charge in [0.05, 0.1) is 5.75 Å². The van der Waals surface area contributed by atoms with Crippen LogP contribution in [0.15, 0.2) is 0 Å². The molecule has 0 aliphatic heterocycles. The Balaban J connectivity index is 2.28. The first kappa shape index (κ1) is 13.9. The summed E-state index contributed by atoms with van der Waals surface area (Å²) >= 11 is 0. The third kappa shape index (κ3) is 4.80. The van der Waals surface area contributed by atoms with E-state index in [4.69, 9.17) is 0 Å². The second kappa shape index (κ2) is 6.57. The molecule has 0 aromatic heterocycles. The van der Waals surface area contributed by atoms with Gasteiger partial charge in [-0.3, -0.25) is 0 Å². The lowest BCUT2D eigenvalue weighted by molar-refractivity contribution is 0.475.